The van der Waals surface area contributed by atoms with Crippen LogP contribution < -0.4 is 0 Å². The molecule has 3 rings (SSSR count). The minimum atomic E-state index is -3.28. The summed E-state index contributed by atoms with van der Waals surface area (Å²) in [7, 11) is -3.28. The van der Waals surface area contributed by atoms with Gasteiger partial charge in [-0.3, -0.25) is 4.79 Å². The number of carbonyl (C=O) groups excluding carboxylic acids is 1. The molecule has 1 amide bonds. The molecule has 122 valence electrons. The van der Waals surface area contributed by atoms with Gasteiger partial charge in [0, 0.05) is 32.4 Å². The Bertz CT molecular complexity index is 678. The summed E-state index contributed by atoms with van der Waals surface area (Å²) in [6.45, 7) is 4.90. The molecular formula is C13H20N4O4S. The van der Waals surface area contributed by atoms with Gasteiger partial charge in [-0.2, -0.15) is 4.31 Å². The molecule has 2 aliphatic heterocycles. The number of nitrogens with zero attached hydrogens (tertiary/aromatic N) is 4. The van der Waals surface area contributed by atoms with Gasteiger partial charge >= 0.3 is 0 Å². The number of carbonyl (C=O) groups is 1. The predicted molar refractivity (Wildman–Crippen MR) is 78.9 cm³/mol. The molecule has 1 fully saturated rings. The zero-order chi connectivity index (χ0) is 15.9. The molecule has 1 aromatic heterocycles. The number of aromatic nitrogens is 2. The van der Waals surface area contributed by atoms with E-state index in [0.29, 0.717) is 50.9 Å². The summed E-state index contributed by atoms with van der Waals surface area (Å²) >= 11 is 0. The zero-order valence-electron chi connectivity index (χ0n) is 12.7. The lowest BCUT2D eigenvalue weighted by Crippen LogP contribution is -2.41. The first-order valence-electron chi connectivity index (χ1n) is 7.29. The first kappa shape index (κ1) is 15.4. The molecule has 9 heteroatoms. The number of morpholine rings is 1. The van der Waals surface area contributed by atoms with Gasteiger partial charge in [-0.05, 0) is 6.92 Å². The van der Waals surface area contributed by atoms with Gasteiger partial charge in [-0.25, -0.2) is 13.4 Å². The Morgan fingerprint density at radius 2 is 1.95 bits per heavy atom. The van der Waals surface area contributed by atoms with Crippen LogP contribution in [0.3, 0.4) is 0 Å². The fourth-order valence-electron chi connectivity index (χ4n) is 2.96. The third kappa shape index (κ3) is 2.75. The van der Waals surface area contributed by atoms with Crippen LogP contribution in [0.15, 0.2) is 6.20 Å². The van der Waals surface area contributed by atoms with Gasteiger partial charge in [0.25, 0.3) is 5.91 Å². The lowest BCUT2D eigenvalue weighted by molar-refractivity contribution is 0.0299. The Balaban J connectivity index is 1.85. The van der Waals surface area contributed by atoms with Crippen LogP contribution in [0.25, 0.3) is 0 Å². The molecule has 0 aliphatic carbocycles. The lowest BCUT2D eigenvalue weighted by Gasteiger charge is -2.31. The summed E-state index contributed by atoms with van der Waals surface area (Å²) in [5.41, 5.74) is 0.374. The average Bonchev–Trinajstić information content (AvgIpc) is 2.91. The highest BCUT2D eigenvalue weighted by molar-refractivity contribution is 7.88. The molecule has 0 spiro atoms. The van der Waals surface area contributed by atoms with Crippen molar-refractivity contribution in [3.05, 3.63) is 17.7 Å². The summed E-state index contributed by atoms with van der Waals surface area (Å²) in [4.78, 5) is 18.6. The van der Waals surface area contributed by atoms with E-state index in [1.165, 1.54) is 10.6 Å². The number of rotatable bonds is 2. The van der Waals surface area contributed by atoms with E-state index in [0.717, 1.165) is 0 Å². The standard InChI is InChI=1S/C13H20N4O4S/c1-10-12-14-11(13(18)15-5-7-21-8-6-15)9-16(12)3-4-17(10)22(2,19)20/h9-10H,3-8H2,1-2H3/t10-/m0/s1. The summed E-state index contributed by atoms with van der Waals surface area (Å²) in [5, 5.41) is 0. The molecule has 0 unspecified atom stereocenters. The number of ether oxygens (including phenoxy) is 1. The molecule has 2 aliphatic rings. The SMILES string of the molecule is C[C@H]1c2nc(C(=O)N3CCOCC3)cn2CCN1S(C)(=O)=O. The van der Waals surface area contributed by atoms with Gasteiger partial charge in [-0.1, -0.05) is 0 Å². The van der Waals surface area contributed by atoms with Gasteiger partial charge in [0.15, 0.2) is 0 Å². The summed E-state index contributed by atoms with van der Waals surface area (Å²) in [6, 6.07) is -0.366. The van der Waals surface area contributed by atoms with Crippen molar-refractivity contribution in [2.45, 2.75) is 19.5 Å². The highest BCUT2D eigenvalue weighted by Gasteiger charge is 2.33. The van der Waals surface area contributed by atoms with E-state index in [2.05, 4.69) is 4.98 Å². The molecule has 0 N–H and O–H groups in total. The second kappa shape index (κ2) is 5.64. The Morgan fingerprint density at radius 3 is 2.59 bits per heavy atom. The van der Waals surface area contributed by atoms with E-state index >= 15 is 0 Å². The minimum absolute atomic E-state index is 0.122. The number of hydrogen-bond donors (Lipinski definition) is 0. The van der Waals surface area contributed by atoms with Crippen LogP contribution in [0.5, 0.6) is 0 Å². The van der Waals surface area contributed by atoms with Gasteiger partial charge in [0.2, 0.25) is 10.0 Å². The van der Waals surface area contributed by atoms with Crippen LogP contribution in [-0.2, 0) is 21.3 Å². The van der Waals surface area contributed by atoms with Crippen molar-refractivity contribution < 1.29 is 17.9 Å². The maximum Gasteiger partial charge on any atom is 0.274 e. The molecule has 0 radical (unpaired) electrons. The molecule has 0 bridgehead atoms. The molecule has 3 heterocycles. The molecule has 1 atom stereocenters. The number of sulfonamides is 1. The molecule has 1 aromatic rings. The number of imidazole rings is 1. The summed E-state index contributed by atoms with van der Waals surface area (Å²) in [5.74, 6) is 0.497. The van der Waals surface area contributed by atoms with E-state index in [1.54, 1.807) is 18.0 Å². The minimum Gasteiger partial charge on any atom is -0.378 e. The topological polar surface area (TPSA) is 84.7 Å². The van der Waals surface area contributed by atoms with Crippen LogP contribution in [-0.4, -0.2) is 72.2 Å². The Kier molecular flexibility index (Phi) is 3.96. The Hall–Kier alpha value is -1.45. The maximum absolute atomic E-state index is 12.5. The van der Waals surface area contributed by atoms with Gasteiger partial charge < -0.3 is 14.2 Å². The zero-order valence-corrected chi connectivity index (χ0v) is 13.5. The van der Waals surface area contributed by atoms with E-state index in [4.69, 9.17) is 4.74 Å². The van der Waals surface area contributed by atoms with Crippen molar-refractivity contribution in [1.82, 2.24) is 18.8 Å². The van der Waals surface area contributed by atoms with Gasteiger partial charge in [0.05, 0.1) is 25.5 Å². The number of fused-ring (bicyclic) bond motifs is 1. The van der Waals surface area contributed by atoms with Crippen molar-refractivity contribution in [2.24, 2.45) is 0 Å². The quantitative estimate of drug-likeness (QED) is 0.744. The first-order valence-corrected chi connectivity index (χ1v) is 9.13. The van der Waals surface area contributed by atoms with Crippen molar-refractivity contribution >= 4 is 15.9 Å². The van der Waals surface area contributed by atoms with Crippen LogP contribution >= 0.6 is 0 Å². The monoisotopic (exact) mass is 328 g/mol. The number of hydrogen-bond acceptors (Lipinski definition) is 5. The largest absolute Gasteiger partial charge is 0.378 e. The second-order valence-electron chi connectivity index (χ2n) is 5.63. The van der Waals surface area contributed by atoms with E-state index in [9.17, 15) is 13.2 Å². The molecular weight excluding hydrogens is 308 g/mol. The van der Waals surface area contributed by atoms with Crippen molar-refractivity contribution in [1.29, 1.82) is 0 Å². The normalized spacial score (nSPS) is 23.4. The summed E-state index contributed by atoms with van der Waals surface area (Å²) < 4.78 is 32.1. The summed E-state index contributed by atoms with van der Waals surface area (Å²) in [6.07, 6.45) is 2.92. The fourth-order valence-corrected chi connectivity index (χ4v) is 4.04. The van der Waals surface area contributed by atoms with Crippen molar-refractivity contribution in [3.63, 3.8) is 0 Å². The third-order valence-corrected chi connectivity index (χ3v) is 5.47. The van der Waals surface area contributed by atoms with Crippen molar-refractivity contribution in [2.75, 3.05) is 39.1 Å². The molecule has 0 aromatic carbocycles. The second-order valence-corrected chi connectivity index (χ2v) is 7.57. The third-order valence-electron chi connectivity index (χ3n) is 4.12. The lowest BCUT2D eigenvalue weighted by atomic mass is 10.2. The van der Waals surface area contributed by atoms with Crippen LogP contribution in [0.2, 0.25) is 0 Å². The van der Waals surface area contributed by atoms with Crippen molar-refractivity contribution in [3.8, 4) is 0 Å². The molecule has 1 saturated heterocycles. The van der Waals surface area contributed by atoms with Crippen LogP contribution in [0.4, 0.5) is 0 Å². The van der Waals surface area contributed by atoms with Crippen LogP contribution in [0, 0.1) is 0 Å². The average molecular weight is 328 g/mol. The van der Waals surface area contributed by atoms with E-state index in [-0.39, 0.29) is 11.9 Å². The highest BCUT2D eigenvalue weighted by Crippen LogP contribution is 2.27. The van der Waals surface area contributed by atoms with Gasteiger partial charge in [0.1, 0.15) is 11.5 Å². The smallest absolute Gasteiger partial charge is 0.274 e. The number of amides is 1. The molecule has 22 heavy (non-hydrogen) atoms. The Morgan fingerprint density at radius 1 is 1.27 bits per heavy atom. The maximum atomic E-state index is 12.5. The Labute approximate surface area is 129 Å². The highest BCUT2D eigenvalue weighted by atomic mass is 32.2. The van der Waals surface area contributed by atoms with E-state index < -0.39 is 10.0 Å². The first-order chi connectivity index (χ1) is 10.4. The van der Waals surface area contributed by atoms with E-state index in [1.807, 2.05) is 4.57 Å². The van der Waals surface area contributed by atoms with Crippen LogP contribution in [0.1, 0.15) is 29.3 Å². The molecule has 0 saturated carbocycles. The molecule has 8 nitrogen and oxygen atoms in total. The predicted octanol–water partition coefficient (Wildman–Crippen LogP) is -0.308. The van der Waals surface area contributed by atoms with Gasteiger partial charge in [-0.15, -0.1) is 0 Å². The fraction of sp³-hybridized carbons (Fsp3) is 0.692.